The summed E-state index contributed by atoms with van der Waals surface area (Å²) in [5, 5.41) is 24.5. The molecule has 130 valence electrons. The zero-order chi connectivity index (χ0) is 17.8. The standard InChI is InChI=1S/C19H20ClN3O2/c1-13(10-21)8-19(24)17-3-2-15(20)9-18(17)14-11-22-23(12-14)16-4-6-25-7-5-16/h2-3,9,11-12,16,19,24H,1,4-8H2. The van der Waals surface area contributed by atoms with Crippen LogP contribution in [0, 0.1) is 11.3 Å². The molecule has 1 aliphatic heterocycles. The Morgan fingerprint density at radius 2 is 2.24 bits per heavy atom. The van der Waals surface area contributed by atoms with E-state index < -0.39 is 6.10 Å². The van der Waals surface area contributed by atoms with Gasteiger partial charge in [-0.2, -0.15) is 10.4 Å². The van der Waals surface area contributed by atoms with Gasteiger partial charge < -0.3 is 9.84 Å². The van der Waals surface area contributed by atoms with E-state index in [0.29, 0.717) is 22.2 Å². The number of aliphatic hydroxyl groups is 1. The first kappa shape index (κ1) is 17.7. The summed E-state index contributed by atoms with van der Waals surface area (Å²) >= 11 is 6.16. The van der Waals surface area contributed by atoms with E-state index in [4.69, 9.17) is 21.6 Å². The molecule has 1 unspecified atom stereocenters. The van der Waals surface area contributed by atoms with Crippen LogP contribution in [0.5, 0.6) is 0 Å². The lowest BCUT2D eigenvalue weighted by atomic mass is 9.95. The fourth-order valence-electron chi connectivity index (χ4n) is 3.08. The molecule has 0 radical (unpaired) electrons. The minimum Gasteiger partial charge on any atom is -0.388 e. The number of ether oxygens (including phenoxy) is 1. The topological polar surface area (TPSA) is 71.1 Å². The lowest BCUT2D eigenvalue weighted by molar-refractivity contribution is 0.0662. The van der Waals surface area contributed by atoms with Crippen LogP contribution in [0.2, 0.25) is 5.02 Å². The molecule has 0 saturated carbocycles. The van der Waals surface area contributed by atoms with Crippen molar-refractivity contribution in [3.8, 4) is 17.2 Å². The molecule has 1 N–H and O–H groups in total. The van der Waals surface area contributed by atoms with Gasteiger partial charge in [0.15, 0.2) is 0 Å². The molecule has 6 heteroatoms. The third-order valence-corrected chi connectivity index (χ3v) is 4.68. The van der Waals surface area contributed by atoms with Crippen molar-refractivity contribution < 1.29 is 9.84 Å². The van der Waals surface area contributed by atoms with E-state index >= 15 is 0 Å². The van der Waals surface area contributed by atoms with Gasteiger partial charge in [0, 0.05) is 42.0 Å². The van der Waals surface area contributed by atoms with Gasteiger partial charge in [-0.25, -0.2) is 0 Å². The minimum absolute atomic E-state index is 0.194. The summed E-state index contributed by atoms with van der Waals surface area (Å²) in [4.78, 5) is 0. The monoisotopic (exact) mass is 357 g/mol. The third kappa shape index (κ3) is 4.10. The Balaban J connectivity index is 1.91. The molecule has 0 amide bonds. The van der Waals surface area contributed by atoms with Crippen molar-refractivity contribution in [1.82, 2.24) is 9.78 Å². The van der Waals surface area contributed by atoms with Crippen molar-refractivity contribution in [2.24, 2.45) is 0 Å². The van der Waals surface area contributed by atoms with Gasteiger partial charge in [0.2, 0.25) is 0 Å². The Kier molecular flexibility index (Phi) is 5.54. The molecule has 25 heavy (non-hydrogen) atoms. The van der Waals surface area contributed by atoms with Crippen molar-refractivity contribution in [2.75, 3.05) is 13.2 Å². The first-order chi connectivity index (χ1) is 12.1. The van der Waals surface area contributed by atoms with Crippen LogP contribution in [-0.2, 0) is 4.74 Å². The molecule has 5 nitrogen and oxygen atoms in total. The van der Waals surface area contributed by atoms with Crippen molar-refractivity contribution in [3.05, 3.63) is 53.3 Å². The largest absolute Gasteiger partial charge is 0.388 e. The molecule has 1 aromatic heterocycles. The summed E-state index contributed by atoms with van der Waals surface area (Å²) in [6.45, 7) is 5.14. The third-order valence-electron chi connectivity index (χ3n) is 4.45. The number of aliphatic hydroxyl groups excluding tert-OH is 1. The van der Waals surface area contributed by atoms with Crippen LogP contribution in [0.3, 0.4) is 0 Å². The second-order valence-corrected chi connectivity index (χ2v) is 6.66. The summed E-state index contributed by atoms with van der Waals surface area (Å²) in [6, 6.07) is 7.65. The van der Waals surface area contributed by atoms with Crippen molar-refractivity contribution in [1.29, 1.82) is 5.26 Å². The van der Waals surface area contributed by atoms with Crippen LogP contribution in [0.1, 0.15) is 37.0 Å². The molecule has 0 spiro atoms. The molecule has 1 saturated heterocycles. The van der Waals surface area contributed by atoms with Gasteiger partial charge >= 0.3 is 0 Å². The average Bonchev–Trinajstić information content (AvgIpc) is 3.12. The van der Waals surface area contributed by atoms with Crippen LogP contribution in [-0.4, -0.2) is 28.1 Å². The molecule has 1 aliphatic rings. The van der Waals surface area contributed by atoms with Gasteiger partial charge in [-0.3, -0.25) is 4.68 Å². The van der Waals surface area contributed by atoms with Gasteiger partial charge in [0.05, 0.1) is 24.4 Å². The summed E-state index contributed by atoms with van der Waals surface area (Å²) in [7, 11) is 0. The summed E-state index contributed by atoms with van der Waals surface area (Å²) in [6.07, 6.45) is 5.03. The number of rotatable bonds is 5. The highest BCUT2D eigenvalue weighted by Gasteiger charge is 2.20. The number of benzene rings is 1. The fourth-order valence-corrected chi connectivity index (χ4v) is 3.26. The van der Waals surface area contributed by atoms with Crippen molar-refractivity contribution in [3.63, 3.8) is 0 Å². The van der Waals surface area contributed by atoms with E-state index in [1.807, 2.05) is 23.0 Å². The Bertz CT molecular complexity index is 803. The number of nitriles is 1. The zero-order valence-electron chi connectivity index (χ0n) is 13.9. The van der Waals surface area contributed by atoms with E-state index in [1.165, 1.54) is 0 Å². The molecule has 1 fully saturated rings. The van der Waals surface area contributed by atoms with Gasteiger partial charge in [0.1, 0.15) is 0 Å². The predicted molar refractivity (Wildman–Crippen MR) is 96.1 cm³/mol. The van der Waals surface area contributed by atoms with Gasteiger partial charge in [0.25, 0.3) is 0 Å². The van der Waals surface area contributed by atoms with Crippen molar-refractivity contribution >= 4 is 11.6 Å². The van der Waals surface area contributed by atoms with E-state index in [1.54, 1.807) is 18.3 Å². The maximum atomic E-state index is 10.5. The van der Waals surface area contributed by atoms with Gasteiger partial charge in [-0.15, -0.1) is 0 Å². The lowest BCUT2D eigenvalue weighted by Gasteiger charge is -2.22. The summed E-state index contributed by atoms with van der Waals surface area (Å²) in [5.41, 5.74) is 2.77. The SMILES string of the molecule is C=C(C#N)CC(O)c1ccc(Cl)cc1-c1cnn(C2CCOCC2)c1. The predicted octanol–water partition coefficient (Wildman–Crippen LogP) is 4.06. The number of aromatic nitrogens is 2. The van der Waals surface area contributed by atoms with E-state index in [-0.39, 0.29) is 6.42 Å². The average molecular weight is 358 g/mol. The van der Waals surface area contributed by atoms with E-state index in [9.17, 15) is 5.11 Å². The first-order valence-corrected chi connectivity index (χ1v) is 8.64. The molecular formula is C19H20ClN3O2. The minimum atomic E-state index is -0.814. The van der Waals surface area contributed by atoms with E-state index in [0.717, 1.165) is 37.2 Å². The highest BCUT2D eigenvalue weighted by molar-refractivity contribution is 6.30. The molecule has 0 bridgehead atoms. The molecule has 3 rings (SSSR count). The highest BCUT2D eigenvalue weighted by atomic mass is 35.5. The second kappa shape index (κ2) is 7.83. The van der Waals surface area contributed by atoms with Crippen LogP contribution in [0.4, 0.5) is 0 Å². The molecule has 0 aliphatic carbocycles. The van der Waals surface area contributed by atoms with Crippen LogP contribution in [0.15, 0.2) is 42.7 Å². The number of halogens is 1. The summed E-state index contributed by atoms with van der Waals surface area (Å²) < 4.78 is 7.36. The Morgan fingerprint density at radius 3 is 2.96 bits per heavy atom. The maximum Gasteiger partial charge on any atom is 0.0941 e. The maximum absolute atomic E-state index is 10.5. The van der Waals surface area contributed by atoms with Crippen LogP contribution >= 0.6 is 11.6 Å². The Hall–Kier alpha value is -2.13. The quantitative estimate of drug-likeness (QED) is 0.819. The summed E-state index contributed by atoms with van der Waals surface area (Å²) in [5.74, 6) is 0. The highest BCUT2D eigenvalue weighted by Crippen LogP contribution is 2.34. The molecule has 1 atom stereocenters. The van der Waals surface area contributed by atoms with Gasteiger partial charge in [-0.05, 0) is 36.1 Å². The smallest absolute Gasteiger partial charge is 0.0941 e. The normalized spacial score (nSPS) is 16.4. The number of hydrogen-bond donors (Lipinski definition) is 1. The molecule has 1 aromatic carbocycles. The molecular weight excluding hydrogens is 338 g/mol. The molecule has 2 aromatic rings. The van der Waals surface area contributed by atoms with Crippen molar-refractivity contribution in [2.45, 2.75) is 31.4 Å². The molecule has 2 heterocycles. The fraction of sp³-hybridized carbons (Fsp3) is 0.368. The zero-order valence-corrected chi connectivity index (χ0v) is 14.6. The Labute approximate surface area is 152 Å². The lowest BCUT2D eigenvalue weighted by Crippen LogP contribution is -2.19. The van der Waals surface area contributed by atoms with Crippen LogP contribution < -0.4 is 0 Å². The Morgan fingerprint density at radius 1 is 1.48 bits per heavy atom. The van der Waals surface area contributed by atoms with Crippen LogP contribution in [0.25, 0.3) is 11.1 Å². The van der Waals surface area contributed by atoms with E-state index in [2.05, 4.69) is 11.7 Å². The number of nitrogens with zero attached hydrogens (tertiary/aromatic N) is 3. The second-order valence-electron chi connectivity index (χ2n) is 6.22. The number of hydrogen-bond acceptors (Lipinski definition) is 4. The first-order valence-electron chi connectivity index (χ1n) is 8.26. The van der Waals surface area contributed by atoms with Gasteiger partial charge in [-0.1, -0.05) is 24.2 Å².